The zero-order chi connectivity index (χ0) is 18.1. The minimum absolute atomic E-state index is 0.163. The number of nitrogens with zero attached hydrogens (tertiary/aromatic N) is 1. The predicted octanol–water partition coefficient (Wildman–Crippen LogP) is 3.10. The Labute approximate surface area is 149 Å². The van der Waals surface area contributed by atoms with E-state index < -0.39 is 11.4 Å². The van der Waals surface area contributed by atoms with Crippen LogP contribution in [-0.2, 0) is 22.5 Å². The van der Waals surface area contributed by atoms with Gasteiger partial charge in [-0.05, 0) is 45.2 Å². The summed E-state index contributed by atoms with van der Waals surface area (Å²) in [4.78, 5) is 14.2. The van der Waals surface area contributed by atoms with Crippen LogP contribution in [0.3, 0.4) is 0 Å². The van der Waals surface area contributed by atoms with E-state index in [1.807, 2.05) is 0 Å². The van der Waals surface area contributed by atoms with Crippen molar-refractivity contribution in [3.8, 4) is 5.75 Å². The van der Waals surface area contributed by atoms with Crippen LogP contribution in [0.15, 0.2) is 18.2 Å². The van der Waals surface area contributed by atoms with Crippen molar-refractivity contribution in [2.45, 2.75) is 51.7 Å². The Morgan fingerprint density at radius 1 is 1.40 bits per heavy atom. The molecule has 25 heavy (non-hydrogen) atoms. The molecule has 3 rings (SSSR count). The van der Waals surface area contributed by atoms with Crippen LogP contribution in [0.5, 0.6) is 5.75 Å². The molecule has 2 heterocycles. The highest BCUT2D eigenvalue weighted by atomic mass is 16.5. The molecule has 0 saturated carbocycles. The number of carboxylic acids is 1. The molecule has 0 spiro atoms. The lowest BCUT2D eigenvalue weighted by molar-refractivity contribution is -0.154. The smallest absolute Gasteiger partial charge is 0.311 e. The van der Waals surface area contributed by atoms with Gasteiger partial charge in [0.05, 0.1) is 5.41 Å². The maximum atomic E-state index is 11.9. The van der Waals surface area contributed by atoms with Crippen LogP contribution in [0, 0.1) is 5.41 Å². The number of aliphatic carboxylic acids is 1. The topological polar surface area (TPSA) is 59.0 Å². The lowest BCUT2D eigenvalue weighted by Crippen LogP contribution is -2.48. The van der Waals surface area contributed by atoms with Gasteiger partial charge in [-0.15, -0.1) is 0 Å². The van der Waals surface area contributed by atoms with E-state index in [9.17, 15) is 9.90 Å². The van der Waals surface area contributed by atoms with Gasteiger partial charge in [-0.1, -0.05) is 18.2 Å². The van der Waals surface area contributed by atoms with Crippen molar-refractivity contribution >= 4 is 5.97 Å². The number of hydrogen-bond donors (Lipinski definition) is 1. The Morgan fingerprint density at radius 2 is 2.20 bits per heavy atom. The fraction of sp³-hybridized carbons (Fsp3) is 0.650. The number of rotatable bonds is 6. The van der Waals surface area contributed by atoms with E-state index in [4.69, 9.17) is 9.47 Å². The normalized spacial score (nSPS) is 25.4. The Kier molecular flexibility index (Phi) is 5.07. The summed E-state index contributed by atoms with van der Waals surface area (Å²) in [5, 5.41) is 9.82. The second-order valence-electron chi connectivity index (χ2n) is 8.09. The second-order valence-corrected chi connectivity index (χ2v) is 8.09. The molecule has 1 N–H and O–H groups in total. The zero-order valence-electron chi connectivity index (χ0n) is 15.5. The molecule has 1 fully saturated rings. The first-order valence-corrected chi connectivity index (χ1v) is 9.10. The number of para-hydroxylation sites is 1. The fourth-order valence-corrected chi connectivity index (χ4v) is 4.19. The van der Waals surface area contributed by atoms with Gasteiger partial charge in [0.1, 0.15) is 11.4 Å². The Bertz CT molecular complexity index is 643. The summed E-state index contributed by atoms with van der Waals surface area (Å²) in [5.74, 6) is 0.292. The van der Waals surface area contributed by atoms with Crippen molar-refractivity contribution in [1.82, 2.24) is 4.90 Å². The average Bonchev–Trinajstić information content (AvgIpc) is 2.88. The molecule has 2 aliphatic heterocycles. The van der Waals surface area contributed by atoms with Crippen molar-refractivity contribution in [1.29, 1.82) is 0 Å². The van der Waals surface area contributed by atoms with Crippen LogP contribution in [-0.4, -0.2) is 48.4 Å². The lowest BCUT2D eigenvalue weighted by Gasteiger charge is -2.40. The third-order valence-electron chi connectivity index (χ3n) is 5.46. The second kappa shape index (κ2) is 6.96. The van der Waals surface area contributed by atoms with Crippen LogP contribution in [0.4, 0.5) is 0 Å². The number of methoxy groups -OCH3 is 1. The number of hydrogen-bond acceptors (Lipinski definition) is 4. The SMILES string of the molecule is COCC[C@@]1(C(=O)O)CCCN(Cc2cccc3c2OC(C)(C)C3)C1. The highest BCUT2D eigenvalue weighted by Crippen LogP contribution is 2.40. The highest BCUT2D eigenvalue weighted by Gasteiger charge is 2.42. The molecule has 1 saturated heterocycles. The molecule has 0 aliphatic carbocycles. The number of ether oxygens (including phenoxy) is 2. The molecule has 138 valence electrons. The van der Waals surface area contributed by atoms with Crippen molar-refractivity contribution < 1.29 is 19.4 Å². The zero-order valence-corrected chi connectivity index (χ0v) is 15.5. The van der Waals surface area contributed by atoms with E-state index in [1.54, 1.807) is 7.11 Å². The molecule has 0 aromatic heterocycles. The van der Waals surface area contributed by atoms with Gasteiger partial charge in [-0.25, -0.2) is 0 Å². The van der Waals surface area contributed by atoms with E-state index in [2.05, 4.69) is 36.9 Å². The largest absolute Gasteiger partial charge is 0.487 e. The van der Waals surface area contributed by atoms with Gasteiger partial charge >= 0.3 is 5.97 Å². The summed E-state index contributed by atoms with van der Waals surface area (Å²) in [6, 6.07) is 6.31. The van der Waals surface area contributed by atoms with Crippen LogP contribution >= 0.6 is 0 Å². The summed E-state index contributed by atoms with van der Waals surface area (Å²) < 4.78 is 11.3. The molecule has 1 aromatic carbocycles. The van der Waals surface area contributed by atoms with E-state index in [1.165, 1.54) is 5.56 Å². The van der Waals surface area contributed by atoms with E-state index >= 15 is 0 Å². The van der Waals surface area contributed by atoms with Gasteiger partial charge in [0, 0.05) is 38.8 Å². The molecule has 5 heteroatoms. The maximum absolute atomic E-state index is 11.9. The molecule has 0 unspecified atom stereocenters. The number of likely N-dealkylation sites (tertiary alicyclic amines) is 1. The summed E-state index contributed by atoms with van der Waals surface area (Å²) in [6.07, 6.45) is 3.10. The average molecular weight is 347 g/mol. The molecular formula is C20H29NO4. The van der Waals surface area contributed by atoms with Crippen molar-refractivity contribution in [3.63, 3.8) is 0 Å². The maximum Gasteiger partial charge on any atom is 0.311 e. The van der Waals surface area contributed by atoms with Crippen LogP contribution in [0.25, 0.3) is 0 Å². The van der Waals surface area contributed by atoms with E-state index in [0.29, 0.717) is 19.6 Å². The quantitative estimate of drug-likeness (QED) is 0.857. The van der Waals surface area contributed by atoms with Gasteiger partial charge < -0.3 is 14.6 Å². The minimum atomic E-state index is -0.704. The molecular weight excluding hydrogens is 318 g/mol. The Morgan fingerprint density at radius 3 is 2.92 bits per heavy atom. The molecule has 0 amide bonds. The standard InChI is InChI=1S/C20H29NO4/c1-19(2)12-15-6-4-7-16(17(15)25-19)13-21-10-5-8-20(14-21,18(22)23)9-11-24-3/h4,6-7H,5,8-14H2,1-3H3,(H,22,23)/t20-/m0/s1. The molecule has 2 aliphatic rings. The minimum Gasteiger partial charge on any atom is -0.487 e. The molecule has 1 atom stereocenters. The van der Waals surface area contributed by atoms with Crippen LogP contribution in [0.2, 0.25) is 0 Å². The summed E-state index contributed by atoms with van der Waals surface area (Å²) >= 11 is 0. The number of piperidine rings is 1. The van der Waals surface area contributed by atoms with Crippen molar-refractivity contribution in [3.05, 3.63) is 29.3 Å². The van der Waals surface area contributed by atoms with Gasteiger partial charge in [0.25, 0.3) is 0 Å². The molecule has 5 nitrogen and oxygen atoms in total. The first-order chi connectivity index (χ1) is 11.9. The first kappa shape index (κ1) is 18.2. The number of carbonyl (C=O) groups is 1. The van der Waals surface area contributed by atoms with E-state index in [0.717, 1.165) is 43.7 Å². The summed E-state index contributed by atoms with van der Waals surface area (Å²) in [7, 11) is 1.63. The molecule has 1 aromatic rings. The van der Waals surface area contributed by atoms with Crippen LogP contribution in [0.1, 0.15) is 44.2 Å². The number of fused-ring (bicyclic) bond motifs is 1. The van der Waals surface area contributed by atoms with Gasteiger partial charge in [-0.2, -0.15) is 0 Å². The van der Waals surface area contributed by atoms with Crippen molar-refractivity contribution in [2.24, 2.45) is 5.41 Å². The molecule has 0 bridgehead atoms. The third kappa shape index (κ3) is 3.82. The number of carboxylic acid groups (broad SMARTS) is 1. The molecule has 0 radical (unpaired) electrons. The van der Waals surface area contributed by atoms with Crippen LogP contribution < -0.4 is 4.74 Å². The highest BCUT2D eigenvalue weighted by molar-refractivity contribution is 5.75. The summed E-state index contributed by atoms with van der Waals surface area (Å²) in [5.41, 5.74) is 1.55. The lowest BCUT2D eigenvalue weighted by atomic mass is 9.77. The Hall–Kier alpha value is -1.59. The summed E-state index contributed by atoms with van der Waals surface area (Å²) in [6.45, 7) is 6.93. The third-order valence-corrected chi connectivity index (χ3v) is 5.46. The van der Waals surface area contributed by atoms with Gasteiger partial charge in [-0.3, -0.25) is 9.69 Å². The van der Waals surface area contributed by atoms with Gasteiger partial charge in [0.15, 0.2) is 0 Å². The first-order valence-electron chi connectivity index (χ1n) is 9.10. The number of benzene rings is 1. The Balaban J connectivity index is 1.76. The predicted molar refractivity (Wildman–Crippen MR) is 95.9 cm³/mol. The monoisotopic (exact) mass is 347 g/mol. The van der Waals surface area contributed by atoms with Gasteiger partial charge in [0.2, 0.25) is 0 Å². The van der Waals surface area contributed by atoms with E-state index in [-0.39, 0.29) is 5.60 Å². The fourth-order valence-electron chi connectivity index (χ4n) is 4.19. The van der Waals surface area contributed by atoms with Crippen molar-refractivity contribution in [2.75, 3.05) is 26.8 Å².